The molecule has 0 atom stereocenters. The molecule has 0 saturated carbocycles. The molecule has 0 aliphatic carbocycles. The van der Waals surface area contributed by atoms with Gasteiger partial charge in [0, 0.05) is 19.5 Å². The fraction of sp³-hybridized carbons (Fsp3) is 0. The first-order valence-corrected chi connectivity index (χ1v) is 2.90. The molecule has 0 fully saturated rings. The predicted molar refractivity (Wildman–Crippen MR) is 39.0 cm³/mol. The molecule has 6 N–H and O–H groups in total. The molecule has 0 heterocycles. The molecule has 0 radical (unpaired) electrons. The van der Waals surface area contributed by atoms with Gasteiger partial charge in [0.05, 0.1) is 15.2 Å². The average molecular weight is 383 g/mol. The summed E-state index contributed by atoms with van der Waals surface area (Å²) in [6.07, 6.45) is 0. The number of nitrogens with zero attached hydrogens (tertiary/aromatic N) is 6. The zero-order chi connectivity index (χ0) is 15.6. The molecule has 0 unspecified atom stereocenters. The summed E-state index contributed by atoms with van der Waals surface area (Å²) in [4.78, 5) is 26.2. The molecule has 0 bridgehead atoms. The van der Waals surface area contributed by atoms with Gasteiger partial charge in [0.25, 0.3) is 0 Å². The van der Waals surface area contributed by atoms with E-state index in [1.54, 1.807) is 0 Å². The minimum Gasteiger partial charge on any atom is -0.533 e. The Morgan fingerprint density at radius 3 is 0.632 bits per heavy atom. The smallest absolute Gasteiger partial charge is 0.228 e. The normalized spacial score (nSPS) is 10.6. The third-order valence-corrected chi connectivity index (χ3v) is 0.319. The molecule has 0 aromatic carbocycles. The van der Waals surface area contributed by atoms with Gasteiger partial charge in [0.2, 0.25) is 15.9 Å². The molecule has 0 aliphatic heterocycles. The van der Waals surface area contributed by atoms with E-state index in [-0.39, 0.29) is 19.5 Å². The molecule has 0 spiro atoms. The summed E-state index contributed by atoms with van der Waals surface area (Å²) >= 11 is 0. The summed E-state index contributed by atoms with van der Waals surface area (Å²) in [5.74, 6) is 0. The van der Waals surface area contributed by atoms with Crippen molar-refractivity contribution in [1.82, 2.24) is 0 Å². The van der Waals surface area contributed by atoms with Gasteiger partial charge in [-0.25, -0.2) is 0 Å². The molecule has 0 aromatic rings. The Kier molecular flexibility index (Phi) is 15.1. The summed E-state index contributed by atoms with van der Waals surface area (Å²) in [5.41, 5.74) is 0. The Bertz CT molecular complexity index is 202. The fourth-order valence-corrected chi connectivity index (χ4v) is 0. The second kappa shape index (κ2) is 10.8. The summed E-state index contributed by atoms with van der Waals surface area (Å²) < 4.78 is 0. The van der Waals surface area contributed by atoms with E-state index in [9.17, 15) is 0 Å². The van der Waals surface area contributed by atoms with E-state index in [4.69, 9.17) is 61.6 Å². The molecule has 0 saturated heterocycles. The van der Waals surface area contributed by atoms with Gasteiger partial charge in [0.15, 0.2) is 0 Å². The third kappa shape index (κ3) is 60.0. The minimum absolute atomic E-state index is 0. The molecular weight excluding hydrogens is 377 g/mol. The van der Waals surface area contributed by atoms with Crippen molar-refractivity contribution in [2.75, 3.05) is 0 Å². The molecule has 116 valence electrons. The first-order valence-electron chi connectivity index (χ1n) is 2.90. The zero-order valence-corrected chi connectivity index (χ0v) is 9.91. The van der Waals surface area contributed by atoms with Gasteiger partial charge in [-0.2, -0.15) is 0 Å². The number of rotatable bonds is 3. The van der Waals surface area contributed by atoms with E-state index >= 15 is 0 Å². The van der Waals surface area contributed by atoms with Gasteiger partial charge < -0.3 is 15.6 Å². The van der Waals surface area contributed by atoms with Crippen LogP contribution in [-0.4, -0.2) is 46.5 Å². The van der Waals surface area contributed by atoms with Crippen LogP contribution in [-0.2, 0) is 19.5 Å². The second-order valence-corrected chi connectivity index (χ2v) is 1.78. The maximum Gasteiger partial charge on any atom is 0.228 e. The molecule has 0 amide bonds. The monoisotopic (exact) mass is 384 g/mol. The van der Waals surface area contributed by atoms with Crippen LogP contribution in [0.25, 0.3) is 0 Å². The van der Waals surface area contributed by atoms with Crippen LogP contribution in [0.4, 0.5) is 0 Å². The fourth-order valence-electron chi connectivity index (χ4n) is 0. The van der Waals surface area contributed by atoms with Crippen LogP contribution in [0.2, 0.25) is 0 Å². The van der Waals surface area contributed by atoms with Gasteiger partial charge in [-0.3, -0.25) is 0 Å². The first-order chi connectivity index (χ1) is 7.68. The van der Waals surface area contributed by atoms with Crippen LogP contribution in [0.1, 0.15) is 0 Å². The van der Waals surface area contributed by atoms with Crippen molar-refractivity contribution in [2.24, 2.45) is 15.9 Å². The van der Waals surface area contributed by atoms with Crippen molar-refractivity contribution in [3.05, 3.63) is 30.3 Å². The topological polar surface area (TPSA) is 279 Å². The van der Waals surface area contributed by atoms with Gasteiger partial charge in [-0.05, 0) is 0 Å². The Balaban J connectivity index is -0.0000000865. The largest absolute Gasteiger partial charge is 0.533 e. The molecule has 0 aliphatic rings. The summed E-state index contributed by atoms with van der Waals surface area (Å²) in [6, 6.07) is 0. The molecular formula is H6N6O12Ru. The average Bonchev–Trinajstić information content (AvgIpc) is 2.16. The maximum atomic E-state index is 9.04. The predicted octanol–water partition coefficient (Wildman–Crippen LogP) is -0.720. The first kappa shape index (κ1) is 26.5. The van der Waals surface area contributed by atoms with E-state index in [0.717, 1.165) is 0 Å². The second-order valence-electron chi connectivity index (χ2n) is 1.78. The van der Waals surface area contributed by atoms with Gasteiger partial charge >= 0.3 is 0 Å². The van der Waals surface area contributed by atoms with Crippen LogP contribution in [0.5, 0.6) is 0 Å². The van der Waals surface area contributed by atoms with Crippen LogP contribution in [0, 0.1) is 30.3 Å². The Labute approximate surface area is 113 Å². The maximum absolute atomic E-state index is 9.04. The standard InChI is InChI=1S/3H2N2O4.Ru/c3*3-1-2(4,5)6;/h3*4-5H;. The van der Waals surface area contributed by atoms with Crippen molar-refractivity contribution < 1.29 is 66.0 Å². The van der Waals surface area contributed by atoms with E-state index in [1.165, 1.54) is 15.9 Å². The number of nitroso groups, excluding NO2 is 3. The molecule has 0 rings (SSSR count). The molecule has 0 aromatic heterocycles. The summed E-state index contributed by atoms with van der Waals surface area (Å²) in [5, 5.41) is 65.3. The Morgan fingerprint density at radius 2 is 0.632 bits per heavy atom. The quantitative estimate of drug-likeness (QED) is 0.152. The van der Waals surface area contributed by atoms with E-state index in [1.807, 2.05) is 0 Å². The Hall–Kier alpha value is -1.06. The van der Waals surface area contributed by atoms with Crippen LogP contribution < -0.4 is 0 Å². The van der Waals surface area contributed by atoms with Crippen molar-refractivity contribution >= 4 is 0 Å². The van der Waals surface area contributed by atoms with Crippen molar-refractivity contribution in [2.45, 2.75) is 0 Å². The summed E-state index contributed by atoms with van der Waals surface area (Å²) in [7, 11) is 0. The molecule has 19 heavy (non-hydrogen) atoms. The van der Waals surface area contributed by atoms with E-state index in [2.05, 4.69) is 0 Å². The third-order valence-electron chi connectivity index (χ3n) is 0.319. The van der Waals surface area contributed by atoms with Crippen LogP contribution >= 0.6 is 0 Å². The Morgan fingerprint density at radius 1 is 0.579 bits per heavy atom. The minimum atomic E-state index is -3.11. The number of hydrogen-bond donors (Lipinski definition) is 6. The van der Waals surface area contributed by atoms with Crippen molar-refractivity contribution in [1.29, 1.82) is 0 Å². The van der Waals surface area contributed by atoms with Crippen molar-refractivity contribution in [3.63, 3.8) is 0 Å². The van der Waals surface area contributed by atoms with Crippen LogP contribution in [0.3, 0.4) is 0 Å². The SMILES string of the molecule is O=N[N+]([O-])(O)O.O=N[N+]([O-])(O)O.O=N[N+]([O-])(O)O.[Ru]. The van der Waals surface area contributed by atoms with E-state index in [0.29, 0.717) is 0 Å². The van der Waals surface area contributed by atoms with Gasteiger partial charge in [0.1, 0.15) is 0 Å². The molecule has 18 nitrogen and oxygen atoms in total. The molecule has 19 heteroatoms. The van der Waals surface area contributed by atoms with Gasteiger partial charge in [-0.1, -0.05) is 14.7 Å². The zero-order valence-electron chi connectivity index (χ0n) is 8.17. The van der Waals surface area contributed by atoms with Crippen molar-refractivity contribution in [3.8, 4) is 0 Å². The van der Waals surface area contributed by atoms with Gasteiger partial charge in [-0.15, -0.1) is 31.2 Å². The summed E-state index contributed by atoms with van der Waals surface area (Å²) in [6.45, 7) is 0. The van der Waals surface area contributed by atoms with E-state index < -0.39 is 15.2 Å². The number of hydrogen-bond acceptors (Lipinski definition) is 15. The van der Waals surface area contributed by atoms with Crippen LogP contribution in [0.15, 0.2) is 15.9 Å². The number of quaternary nitrogens is 3.